The summed E-state index contributed by atoms with van der Waals surface area (Å²) in [6, 6.07) is 9.69. The van der Waals surface area contributed by atoms with E-state index in [0.717, 1.165) is 19.9 Å². The number of hydrogen-bond donors (Lipinski definition) is 1. The van der Waals surface area contributed by atoms with Crippen LogP contribution in [0.15, 0.2) is 49.5 Å². The number of hydrogen-bond acceptors (Lipinski definition) is 6. The topological polar surface area (TPSA) is 64.9 Å². The molecule has 0 fully saturated rings. The maximum Gasteiger partial charge on any atom is 0.257 e. The lowest BCUT2D eigenvalue weighted by atomic mass is 10.3. The van der Waals surface area contributed by atoms with Crippen molar-refractivity contribution in [3.05, 3.63) is 46.1 Å². The van der Waals surface area contributed by atoms with Gasteiger partial charge < -0.3 is 10.2 Å². The van der Waals surface area contributed by atoms with Crippen molar-refractivity contribution in [2.75, 3.05) is 5.73 Å². The molecule has 0 spiro atoms. The van der Waals surface area contributed by atoms with E-state index in [1.54, 1.807) is 23.1 Å². The molecule has 4 nitrogen and oxygen atoms in total. The van der Waals surface area contributed by atoms with Crippen molar-refractivity contribution < 1.29 is 4.42 Å². The standard InChI is InChI=1S/C13H10BrN3OS2/c14-8-3-4-9(15)11(6-8)20-7-12-16-17-13(18-12)10-2-1-5-19-10/h1-6H,7,15H2. The van der Waals surface area contributed by atoms with E-state index in [1.807, 2.05) is 35.7 Å². The Bertz CT molecular complexity index is 712. The van der Waals surface area contributed by atoms with Crippen molar-refractivity contribution in [3.63, 3.8) is 0 Å². The fourth-order valence-electron chi connectivity index (χ4n) is 1.58. The quantitative estimate of drug-likeness (QED) is 0.545. The van der Waals surface area contributed by atoms with E-state index in [4.69, 9.17) is 10.2 Å². The minimum absolute atomic E-state index is 0.567. The Kier molecular flexibility index (Phi) is 4.09. The van der Waals surface area contributed by atoms with E-state index in [0.29, 0.717) is 17.5 Å². The van der Waals surface area contributed by atoms with Crippen LogP contribution in [0, 0.1) is 0 Å². The Morgan fingerprint density at radius 2 is 2.20 bits per heavy atom. The highest BCUT2D eigenvalue weighted by atomic mass is 79.9. The number of nitrogens with two attached hydrogens (primary N) is 1. The number of thioether (sulfide) groups is 1. The Balaban J connectivity index is 1.71. The van der Waals surface area contributed by atoms with Gasteiger partial charge in [0, 0.05) is 15.1 Å². The molecule has 2 aromatic heterocycles. The zero-order valence-corrected chi connectivity index (χ0v) is 13.5. The summed E-state index contributed by atoms with van der Waals surface area (Å²) >= 11 is 6.59. The lowest BCUT2D eigenvalue weighted by molar-refractivity contribution is 0.529. The van der Waals surface area contributed by atoms with E-state index in [-0.39, 0.29) is 0 Å². The Morgan fingerprint density at radius 3 is 3.00 bits per heavy atom. The highest BCUT2D eigenvalue weighted by Gasteiger charge is 2.10. The fraction of sp³-hybridized carbons (Fsp3) is 0.0769. The SMILES string of the molecule is Nc1ccc(Br)cc1SCc1nnc(-c2cccs2)o1. The van der Waals surface area contributed by atoms with Gasteiger partial charge in [0.15, 0.2) is 0 Å². The molecule has 0 amide bonds. The van der Waals surface area contributed by atoms with Gasteiger partial charge in [-0.1, -0.05) is 22.0 Å². The fourth-order valence-corrected chi connectivity index (χ4v) is 3.58. The van der Waals surface area contributed by atoms with Gasteiger partial charge in [-0.25, -0.2) is 0 Å². The van der Waals surface area contributed by atoms with E-state index in [2.05, 4.69) is 26.1 Å². The van der Waals surface area contributed by atoms with Crippen LogP contribution in [0.4, 0.5) is 5.69 Å². The second kappa shape index (κ2) is 5.99. The molecular weight excluding hydrogens is 358 g/mol. The van der Waals surface area contributed by atoms with Crippen molar-refractivity contribution in [3.8, 4) is 10.8 Å². The lowest BCUT2D eigenvalue weighted by Crippen LogP contribution is -1.89. The minimum Gasteiger partial charge on any atom is -0.419 e. The Hall–Kier alpha value is -1.31. The number of thiophene rings is 1. The van der Waals surface area contributed by atoms with Crippen LogP contribution in [-0.2, 0) is 5.75 Å². The first-order chi connectivity index (χ1) is 9.72. The summed E-state index contributed by atoms with van der Waals surface area (Å²) in [7, 11) is 0. The third-order valence-electron chi connectivity index (χ3n) is 2.53. The van der Waals surface area contributed by atoms with Crippen molar-refractivity contribution in [2.45, 2.75) is 10.6 Å². The number of nitrogens with zero attached hydrogens (tertiary/aromatic N) is 2. The molecule has 0 saturated heterocycles. The summed E-state index contributed by atoms with van der Waals surface area (Å²) in [4.78, 5) is 1.98. The molecule has 2 heterocycles. The molecule has 0 aliphatic rings. The zero-order valence-electron chi connectivity index (χ0n) is 10.2. The highest BCUT2D eigenvalue weighted by Crippen LogP contribution is 2.31. The van der Waals surface area contributed by atoms with Crippen LogP contribution in [0.2, 0.25) is 0 Å². The summed E-state index contributed by atoms with van der Waals surface area (Å²) in [6.07, 6.45) is 0. The molecule has 102 valence electrons. The van der Waals surface area contributed by atoms with Crippen LogP contribution >= 0.6 is 39.0 Å². The van der Waals surface area contributed by atoms with Crippen LogP contribution in [0.5, 0.6) is 0 Å². The maximum absolute atomic E-state index is 5.93. The largest absolute Gasteiger partial charge is 0.419 e. The summed E-state index contributed by atoms with van der Waals surface area (Å²) in [5.74, 6) is 1.76. The van der Waals surface area contributed by atoms with Gasteiger partial charge in [0.2, 0.25) is 5.89 Å². The van der Waals surface area contributed by atoms with Crippen LogP contribution in [0.1, 0.15) is 5.89 Å². The first-order valence-corrected chi connectivity index (χ1v) is 8.42. The van der Waals surface area contributed by atoms with Crippen LogP contribution in [0.3, 0.4) is 0 Å². The molecule has 0 aliphatic heterocycles. The zero-order chi connectivity index (χ0) is 13.9. The average Bonchev–Trinajstić information content (AvgIpc) is 3.09. The lowest BCUT2D eigenvalue weighted by Gasteiger charge is -2.03. The van der Waals surface area contributed by atoms with Gasteiger partial charge in [-0.2, -0.15) is 0 Å². The summed E-state index contributed by atoms with van der Waals surface area (Å²) in [5.41, 5.74) is 6.68. The number of anilines is 1. The van der Waals surface area contributed by atoms with Gasteiger partial charge in [-0.15, -0.1) is 33.3 Å². The predicted octanol–water partition coefficient (Wildman–Crippen LogP) is 4.44. The summed E-state index contributed by atoms with van der Waals surface area (Å²) in [5, 5.41) is 10.1. The van der Waals surface area contributed by atoms with E-state index < -0.39 is 0 Å². The molecule has 3 rings (SSSR count). The van der Waals surface area contributed by atoms with Gasteiger partial charge in [-0.3, -0.25) is 0 Å². The van der Waals surface area contributed by atoms with Crippen molar-refractivity contribution in [2.24, 2.45) is 0 Å². The number of halogens is 1. The van der Waals surface area contributed by atoms with E-state index in [1.165, 1.54) is 0 Å². The predicted molar refractivity (Wildman–Crippen MR) is 85.7 cm³/mol. The maximum atomic E-state index is 5.93. The molecule has 0 atom stereocenters. The van der Waals surface area contributed by atoms with E-state index >= 15 is 0 Å². The molecule has 0 saturated carbocycles. The normalized spacial score (nSPS) is 10.8. The number of benzene rings is 1. The minimum atomic E-state index is 0.567. The van der Waals surface area contributed by atoms with E-state index in [9.17, 15) is 0 Å². The Morgan fingerprint density at radius 1 is 1.30 bits per heavy atom. The number of aromatic nitrogens is 2. The third-order valence-corrected chi connectivity index (χ3v) is 4.93. The third kappa shape index (κ3) is 3.05. The van der Waals surface area contributed by atoms with Gasteiger partial charge >= 0.3 is 0 Å². The molecular formula is C13H10BrN3OS2. The van der Waals surface area contributed by atoms with Gasteiger partial charge in [-0.05, 0) is 29.6 Å². The molecule has 0 bridgehead atoms. The van der Waals surface area contributed by atoms with Crippen molar-refractivity contribution in [1.82, 2.24) is 10.2 Å². The first-order valence-electron chi connectivity index (χ1n) is 5.76. The molecule has 20 heavy (non-hydrogen) atoms. The average molecular weight is 368 g/mol. The van der Waals surface area contributed by atoms with Gasteiger partial charge in [0.25, 0.3) is 5.89 Å². The summed E-state index contributed by atoms with van der Waals surface area (Å²) < 4.78 is 6.63. The van der Waals surface area contributed by atoms with Crippen LogP contribution in [0.25, 0.3) is 10.8 Å². The second-order valence-corrected chi connectivity index (χ2v) is 6.83. The Labute approximate surface area is 132 Å². The molecule has 7 heteroatoms. The van der Waals surface area contributed by atoms with Crippen molar-refractivity contribution >= 4 is 44.7 Å². The van der Waals surface area contributed by atoms with Crippen LogP contribution in [-0.4, -0.2) is 10.2 Å². The first kappa shape index (κ1) is 13.7. The number of nitrogen functional groups attached to an aromatic ring is 1. The van der Waals surface area contributed by atoms with Gasteiger partial charge in [0.05, 0.1) is 10.6 Å². The molecule has 0 aliphatic carbocycles. The van der Waals surface area contributed by atoms with Gasteiger partial charge in [0.1, 0.15) is 0 Å². The monoisotopic (exact) mass is 367 g/mol. The molecule has 0 radical (unpaired) electrons. The second-order valence-electron chi connectivity index (χ2n) is 3.95. The highest BCUT2D eigenvalue weighted by molar-refractivity contribution is 9.10. The van der Waals surface area contributed by atoms with Crippen molar-refractivity contribution in [1.29, 1.82) is 0 Å². The number of rotatable bonds is 4. The summed E-state index contributed by atoms with van der Waals surface area (Å²) in [6.45, 7) is 0. The molecule has 1 aromatic carbocycles. The molecule has 2 N–H and O–H groups in total. The smallest absolute Gasteiger partial charge is 0.257 e. The molecule has 0 unspecified atom stereocenters. The molecule has 3 aromatic rings. The van der Waals surface area contributed by atoms with Crippen LogP contribution < -0.4 is 5.73 Å².